The monoisotopic (exact) mass is 357 g/mol. The number of aromatic nitrogens is 2. The van der Waals surface area contributed by atoms with E-state index in [-0.39, 0.29) is 11.0 Å². The van der Waals surface area contributed by atoms with Crippen LogP contribution in [0.4, 0.5) is 18.3 Å². The van der Waals surface area contributed by atoms with Crippen molar-refractivity contribution in [3.8, 4) is 0 Å². The average Bonchev–Trinajstić information content (AvgIpc) is 3.05. The maximum Gasteiger partial charge on any atom is 0.445 e. The smallest absolute Gasteiger partial charge is 0.381 e. The molecule has 0 saturated carbocycles. The molecule has 1 aromatic heterocycles. The fourth-order valence-electron chi connectivity index (χ4n) is 2.73. The molecule has 5 nitrogen and oxygen atoms in total. The molecule has 0 bridgehead atoms. The predicted molar refractivity (Wildman–Crippen MR) is 81.7 cm³/mol. The van der Waals surface area contributed by atoms with Crippen LogP contribution < -0.4 is 5.32 Å². The Labute approximate surface area is 139 Å². The van der Waals surface area contributed by atoms with E-state index in [1.165, 1.54) is 0 Å². The van der Waals surface area contributed by atoms with E-state index in [9.17, 15) is 18.0 Å². The first-order valence-electron chi connectivity index (χ1n) is 7.27. The van der Waals surface area contributed by atoms with Crippen LogP contribution in [0.3, 0.4) is 0 Å². The summed E-state index contributed by atoms with van der Waals surface area (Å²) in [7, 11) is 0. The maximum absolute atomic E-state index is 12.8. The van der Waals surface area contributed by atoms with E-state index in [1.807, 2.05) is 30.3 Å². The summed E-state index contributed by atoms with van der Waals surface area (Å²) in [5, 5.41) is 7.76. The minimum atomic E-state index is -4.57. The molecule has 1 fully saturated rings. The number of benzene rings is 1. The lowest BCUT2D eigenvalue weighted by Gasteiger charge is -2.35. The van der Waals surface area contributed by atoms with Crippen LogP contribution in [0.15, 0.2) is 30.3 Å². The van der Waals surface area contributed by atoms with E-state index < -0.39 is 16.6 Å². The van der Waals surface area contributed by atoms with Gasteiger partial charge in [-0.05, 0) is 18.4 Å². The van der Waals surface area contributed by atoms with Gasteiger partial charge in [0.05, 0.1) is 5.41 Å². The van der Waals surface area contributed by atoms with Crippen molar-refractivity contribution in [2.75, 3.05) is 18.5 Å². The Bertz CT molecular complexity index is 712. The van der Waals surface area contributed by atoms with Crippen LogP contribution in [0.1, 0.15) is 23.4 Å². The lowest BCUT2D eigenvalue weighted by atomic mass is 9.73. The number of amides is 1. The molecule has 1 amide bonds. The van der Waals surface area contributed by atoms with E-state index >= 15 is 0 Å². The van der Waals surface area contributed by atoms with E-state index in [0.717, 1.165) is 5.56 Å². The summed E-state index contributed by atoms with van der Waals surface area (Å²) in [5.41, 5.74) is -0.0322. The number of alkyl halides is 3. The number of carbonyl (C=O) groups excluding carboxylic acids is 1. The molecule has 1 aromatic carbocycles. The minimum absolute atomic E-state index is 0.158. The van der Waals surface area contributed by atoms with Gasteiger partial charge in [-0.2, -0.15) is 13.2 Å². The number of halogens is 3. The van der Waals surface area contributed by atoms with Gasteiger partial charge in [0.1, 0.15) is 0 Å². The third-order valence-corrected chi connectivity index (χ3v) is 4.88. The topological polar surface area (TPSA) is 64.1 Å². The summed E-state index contributed by atoms with van der Waals surface area (Å²) in [6, 6.07) is 9.17. The molecule has 0 aliphatic carbocycles. The van der Waals surface area contributed by atoms with Crippen molar-refractivity contribution in [2.24, 2.45) is 0 Å². The molecule has 0 spiro atoms. The summed E-state index contributed by atoms with van der Waals surface area (Å²) in [4.78, 5) is 12.8. The lowest BCUT2D eigenvalue weighted by Crippen LogP contribution is -2.44. The molecule has 2 heterocycles. The summed E-state index contributed by atoms with van der Waals surface area (Å²) in [6.45, 7) is 0.818. The van der Waals surface area contributed by atoms with E-state index in [4.69, 9.17) is 4.74 Å². The van der Waals surface area contributed by atoms with Crippen molar-refractivity contribution in [3.63, 3.8) is 0 Å². The number of anilines is 1. The number of rotatable bonds is 3. The van der Waals surface area contributed by atoms with Gasteiger partial charge in [-0.3, -0.25) is 10.1 Å². The van der Waals surface area contributed by atoms with Crippen molar-refractivity contribution in [3.05, 3.63) is 40.9 Å². The third kappa shape index (κ3) is 3.27. The first-order valence-corrected chi connectivity index (χ1v) is 8.09. The van der Waals surface area contributed by atoms with Crippen LogP contribution in [0.5, 0.6) is 0 Å². The van der Waals surface area contributed by atoms with Crippen LogP contribution in [0, 0.1) is 0 Å². The zero-order chi connectivity index (χ0) is 17.2. The number of carbonyl (C=O) groups is 1. The second-order valence-electron chi connectivity index (χ2n) is 5.42. The van der Waals surface area contributed by atoms with Crippen molar-refractivity contribution in [1.82, 2.24) is 10.2 Å². The van der Waals surface area contributed by atoms with Crippen LogP contribution in [0.2, 0.25) is 0 Å². The van der Waals surface area contributed by atoms with Gasteiger partial charge in [-0.15, -0.1) is 10.2 Å². The summed E-state index contributed by atoms with van der Waals surface area (Å²) in [5.74, 6) is -0.387. The SMILES string of the molecule is O=C(Nc1nnc(C(F)(F)F)s1)C1(c2ccccc2)CCOCC1. The molecule has 2 aromatic rings. The number of hydrogen-bond acceptors (Lipinski definition) is 5. The molecule has 9 heteroatoms. The fourth-order valence-corrected chi connectivity index (χ4v) is 3.33. The Morgan fingerprint density at radius 1 is 1.17 bits per heavy atom. The normalized spacial score (nSPS) is 17.5. The van der Waals surface area contributed by atoms with Crippen molar-refractivity contribution in [1.29, 1.82) is 0 Å². The zero-order valence-electron chi connectivity index (χ0n) is 12.5. The Hall–Kier alpha value is -2.00. The zero-order valence-corrected chi connectivity index (χ0v) is 13.3. The van der Waals surface area contributed by atoms with Gasteiger partial charge in [-0.1, -0.05) is 41.7 Å². The highest BCUT2D eigenvalue weighted by Crippen LogP contribution is 2.37. The highest BCUT2D eigenvalue weighted by molar-refractivity contribution is 7.15. The molecule has 1 aliphatic rings. The second kappa shape index (κ2) is 6.48. The van der Waals surface area contributed by atoms with Crippen molar-refractivity contribution < 1.29 is 22.7 Å². The van der Waals surface area contributed by atoms with Gasteiger partial charge in [-0.25, -0.2) is 0 Å². The van der Waals surface area contributed by atoms with Gasteiger partial charge in [0, 0.05) is 13.2 Å². The number of nitrogens with one attached hydrogen (secondary N) is 1. The first kappa shape index (κ1) is 16.8. The Balaban J connectivity index is 1.86. The molecule has 1 saturated heterocycles. The second-order valence-corrected chi connectivity index (χ2v) is 6.40. The molecular weight excluding hydrogens is 343 g/mol. The highest BCUT2D eigenvalue weighted by atomic mass is 32.1. The molecule has 0 atom stereocenters. The lowest BCUT2D eigenvalue weighted by molar-refractivity contribution is -0.138. The van der Waals surface area contributed by atoms with Crippen molar-refractivity contribution in [2.45, 2.75) is 24.4 Å². The van der Waals surface area contributed by atoms with Crippen LogP contribution in [-0.2, 0) is 21.1 Å². The third-order valence-electron chi connectivity index (χ3n) is 4.00. The minimum Gasteiger partial charge on any atom is -0.381 e. The average molecular weight is 357 g/mol. The molecule has 1 N–H and O–H groups in total. The van der Waals surface area contributed by atoms with Crippen LogP contribution in [0.25, 0.3) is 0 Å². The van der Waals surface area contributed by atoms with E-state index in [0.29, 0.717) is 37.4 Å². The summed E-state index contributed by atoms with van der Waals surface area (Å²) in [6.07, 6.45) is -3.67. The quantitative estimate of drug-likeness (QED) is 0.916. The molecule has 0 radical (unpaired) electrons. The summed E-state index contributed by atoms with van der Waals surface area (Å²) < 4.78 is 43.2. The number of nitrogens with zero attached hydrogens (tertiary/aromatic N) is 2. The van der Waals surface area contributed by atoms with Crippen LogP contribution >= 0.6 is 11.3 Å². The van der Waals surface area contributed by atoms with Gasteiger partial charge in [0.15, 0.2) is 0 Å². The predicted octanol–water partition coefficient (Wildman–Crippen LogP) is 3.24. The van der Waals surface area contributed by atoms with E-state index in [2.05, 4.69) is 15.5 Å². The Morgan fingerprint density at radius 3 is 2.42 bits per heavy atom. The van der Waals surface area contributed by atoms with Gasteiger partial charge >= 0.3 is 6.18 Å². The highest BCUT2D eigenvalue weighted by Gasteiger charge is 2.42. The number of hydrogen-bond donors (Lipinski definition) is 1. The Kier molecular flexibility index (Phi) is 4.55. The first-order chi connectivity index (χ1) is 11.4. The van der Waals surface area contributed by atoms with Gasteiger partial charge < -0.3 is 4.74 Å². The molecule has 3 rings (SSSR count). The molecular formula is C15H14F3N3O2S. The fraction of sp³-hybridized carbons (Fsp3) is 0.400. The Morgan fingerprint density at radius 2 is 1.83 bits per heavy atom. The van der Waals surface area contributed by atoms with Crippen LogP contribution in [-0.4, -0.2) is 29.3 Å². The maximum atomic E-state index is 12.8. The van der Waals surface area contributed by atoms with Crippen molar-refractivity contribution >= 4 is 22.4 Å². The van der Waals surface area contributed by atoms with Gasteiger partial charge in [0.25, 0.3) is 0 Å². The molecule has 1 aliphatic heterocycles. The number of ether oxygens (including phenoxy) is 1. The molecule has 24 heavy (non-hydrogen) atoms. The molecule has 0 unspecified atom stereocenters. The molecule has 128 valence electrons. The van der Waals surface area contributed by atoms with E-state index in [1.54, 1.807) is 0 Å². The van der Waals surface area contributed by atoms with Gasteiger partial charge in [0.2, 0.25) is 16.0 Å². The largest absolute Gasteiger partial charge is 0.445 e. The standard InChI is InChI=1S/C15H14F3N3O2S/c16-15(17,18)12-20-21-13(24-12)19-11(22)14(6-8-23-9-7-14)10-4-2-1-3-5-10/h1-5H,6-9H2,(H,19,21,22). The summed E-state index contributed by atoms with van der Waals surface area (Å²) >= 11 is 0.316.